The van der Waals surface area contributed by atoms with Crippen LogP contribution in [0.1, 0.15) is 11.1 Å². The summed E-state index contributed by atoms with van der Waals surface area (Å²) in [6.45, 7) is 1.59. The zero-order valence-electron chi connectivity index (χ0n) is 14.4. The molecule has 0 saturated carbocycles. The molecule has 0 unspecified atom stereocenters. The van der Waals surface area contributed by atoms with Gasteiger partial charge in [-0.05, 0) is 47.5 Å². The number of aliphatic imine (C=N–C) groups is 1. The van der Waals surface area contributed by atoms with Crippen LogP contribution >= 0.6 is 35.6 Å². The molecule has 0 amide bonds. The molecule has 0 aliphatic carbocycles. The lowest BCUT2D eigenvalue weighted by molar-refractivity contribution is 0.918. The first-order chi connectivity index (χ1) is 12.7. The Morgan fingerprint density at radius 1 is 0.926 bits per heavy atom. The Hall–Kier alpha value is -2.27. The molecule has 3 rings (SSSR count). The summed E-state index contributed by atoms with van der Waals surface area (Å²) in [7, 11) is 0. The molecule has 0 spiro atoms. The summed E-state index contributed by atoms with van der Waals surface area (Å²) in [6.07, 6.45) is 7.82. The zero-order valence-corrected chi connectivity index (χ0v) is 16.7. The lowest BCUT2D eigenvalue weighted by Gasteiger charge is -2.02. The molecule has 2 aromatic carbocycles. The summed E-state index contributed by atoms with van der Waals surface area (Å²) in [5, 5.41) is 8.97. The maximum Gasteiger partial charge on any atom is 0.212 e. The SMILES string of the molecule is Cl.Clc1ccc(C=CC(C=Cc2ccc(Cl)cc2)=NNC2=NCCN2)cc1. The maximum atomic E-state index is 5.93. The number of hydrogen-bond acceptors (Lipinski definition) is 4. The van der Waals surface area contributed by atoms with E-state index in [0.29, 0.717) is 16.0 Å². The number of benzene rings is 2. The highest BCUT2D eigenvalue weighted by Crippen LogP contribution is 2.12. The molecule has 1 aliphatic heterocycles. The van der Waals surface area contributed by atoms with Gasteiger partial charge in [-0.1, -0.05) is 59.6 Å². The van der Waals surface area contributed by atoms with Gasteiger partial charge in [0.25, 0.3) is 0 Å². The van der Waals surface area contributed by atoms with Crippen LogP contribution in [0.25, 0.3) is 12.2 Å². The van der Waals surface area contributed by atoms with Crippen molar-refractivity contribution < 1.29 is 0 Å². The van der Waals surface area contributed by atoms with Crippen LogP contribution < -0.4 is 10.7 Å². The number of allylic oxidation sites excluding steroid dienone is 2. The Bertz CT molecular complexity index is 796. The maximum absolute atomic E-state index is 5.93. The smallest absolute Gasteiger partial charge is 0.212 e. The van der Waals surface area contributed by atoms with Crippen molar-refractivity contribution in [3.05, 3.63) is 81.9 Å². The molecule has 0 radical (unpaired) electrons. The van der Waals surface area contributed by atoms with E-state index in [2.05, 4.69) is 20.8 Å². The first-order valence-electron chi connectivity index (χ1n) is 8.18. The molecular formula is C20H19Cl3N4. The van der Waals surface area contributed by atoms with Crippen LogP contribution in [0.4, 0.5) is 0 Å². The molecule has 2 N–H and O–H groups in total. The molecule has 4 nitrogen and oxygen atoms in total. The third-order valence-electron chi connectivity index (χ3n) is 3.60. The molecule has 2 aromatic rings. The third-order valence-corrected chi connectivity index (χ3v) is 4.10. The summed E-state index contributed by atoms with van der Waals surface area (Å²) in [6, 6.07) is 15.2. The van der Waals surface area contributed by atoms with Crippen molar-refractivity contribution in [2.45, 2.75) is 0 Å². The van der Waals surface area contributed by atoms with Crippen molar-refractivity contribution in [1.29, 1.82) is 0 Å². The average molecular weight is 422 g/mol. The van der Waals surface area contributed by atoms with Crippen molar-refractivity contribution in [3.8, 4) is 0 Å². The number of hydrazone groups is 1. The number of nitrogens with one attached hydrogen (secondary N) is 2. The molecule has 0 atom stereocenters. The van der Waals surface area contributed by atoms with Crippen LogP contribution in [-0.2, 0) is 0 Å². The van der Waals surface area contributed by atoms with Gasteiger partial charge in [-0.15, -0.1) is 12.4 Å². The summed E-state index contributed by atoms with van der Waals surface area (Å²) in [5.41, 5.74) is 5.79. The minimum Gasteiger partial charge on any atom is -0.353 e. The van der Waals surface area contributed by atoms with Crippen LogP contribution in [0.5, 0.6) is 0 Å². The molecule has 1 heterocycles. The van der Waals surface area contributed by atoms with Gasteiger partial charge in [0.1, 0.15) is 0 Å². The predicted octanol–water partition coefficient (Wildman–Crippen LogP) is 5.05. The van der Waals surface area contributed by atoms with E-state index in [1.54, 1.807) is 0 Å². The van der Waals surface area contributed by atoms with Gasteiger partial charge in [-0.3, -0.25) is 0 Å². The van der Waals surface area contributed by atoms with Crippen LogP contribution in [0.15, 0.2) is 70.8 Å². The second-order valence-electron chi connectivity index (χ2n) is 5.58. The molecule has 1 aliphatic rings. The summed E-state index contributed by atoms with van der Waals surface area (Å²) in [4.78, 5) is 4.27. The van der Waals surface area contributed by atoms with Gasteiger partial charge in [0, 0.05) is 16.6 Å². The van der Waals surface area contributed by atoms with E-state index >= 15 is 0 Å². The zero-order chi connectivity index (χ0) is 18.2. The fraction of sp³-hybridized carbons (Fsp3) is 0.100. The Labute approximate surface area is 175 Å². The molecule has 7 heteroatoms. The highest BCUT2D eigenvalue weighted by Gasteiger charge is 2.02. The van der Waals surface area contributed by atoms with E-state index < -0.39 is 0 Å². The Morgan fingerprint density at radius 2 is 1.44 bits per heavy atom. The third kappa shape index (κ3) is 7.10. The second-order valence-corrected chi connectivity index (χ2v) is 6.45. The normalized spacial score (nSPS) is 13.2. The highest BCUT2D eigenvalue weighted by molar-refractivity contribution is 6.30. The monoisotopic (exact) mass is 420 g/mol. The molecule has 0 aromatic heterocycles. The average Bonchev–Trinajstić information content (AvgIpc) is 3.17. The summed E-state index contributed by atoms with van der Waals surface area (Å²) in [5.74, 6) is 0.683. The fourth-order valence-corrected chi connectivity index (χ4v) is 2.48. The van der Waals surface area contributed by atoms with Gasteiger partial charge in [-0.25, -0.2) is 10.4 Å². The number of halogens is 3. The van der Waals surface area contributed by atoms with Gasteiger partial charge in [0.15, 0.2) is 0 Å². The van der Waals surface area contributed by atoms with E-state index in [-0.39, 0.29) is 12.4 Å². The number of nitrogens with zero attached hydrogens (tertiary/aromatic N) is 2. The standard InChI is InChI=1S/C20H18Cl2N4.ClH/c21-17-7-1-15(2-8-17)5-11-19(25-26-20-23-13-14-24-20)12-6-16-3-9-18(22)10-4-16;/h1-12H,13-14H2,(H2,23,24,26);1H. The predicted molar refractivity (Wildman–Crippen MR) is 119 cm³/mol. The molecular weight excluding hydrogens is 403 g/mol. The van der Waals surface area contributed by atoms with E-state index in [1.807, 2.05) is 72.8 Å². The topological polar surface area (TPSA) is 48.8 Å². The van der Waals surface area contributed by atoms with Gasteiger partial charge in [-0.2, -0.15) is 5.10 Å². The Kier molecular flexibility index (Phi) is 8.40. The lowest BCUT2D eigenvalue weighted by atomic mass is 10.1. The van der Waals surface area contributed by atoms with E-state index in [1.165, 1.54) is 0 Å². The summed E-state index contributed by atoms with van der Waals surface area (Å²) >= 11 is 11.9. The number of hydrogen-bond donors (Lipinski definition) is 2. The molecule has 0 bridgehead atoms. The van der Waals surface area contributed by atoms with Crippen molar-refractivity contribution >= 4 is 59.4 Å². The van der Waals surface area contributed by atoms with E-state index in [0.717, 1.165) is 29.9 Å². The van der Waals surface area contributed by atoms with Crippen molar-refractivity contribution in [2.24, 2.45) is 10.1 Å². The first kappa shape index (κ1) is 21.0. The van der Waals surface area contributed by atoms with Crippen LogP contribution in [0.2, 0.25) is 10.0 Å². The summed E-state index contributed by atoms with van der Waals surface area (Å²) < 4.78 is 0. The number of rotatable bonds is 5. The van der Waals surface area contributed by atoms with Gasteiger partial charge < -0.3 is 5.32 Å². The first-order valence-corrected chi connectivity index (χ1v) is 8.94. The van der Waals surface area contributed by atoms with Crippen LogP contribution in [-0.4, -0.2) is 24.8 Å². The van der Waals surface area contributed by atoms with Crippen molar-refractivity contribution in [3.63, 3.8) is 0 Å². The van der Waals surface area contributed by atoms with Gasteiger partial charge in [0.05, 0.1) is 12.3 Å². The van der Waals surface area contributed by atoms with Gasteiger partial charge in [0.2, 0.25) is 5.96 Å². The molecule has 27 heavy (non-hydrogen) atoms. The van der Waals surface area contributed by atoms with Crippen LogP contribution in [0, 0.1) is 0 Å². The minimum atomic E-state index is 0. The molecule has 0 fully saturated rings. The Morgan fingerprint density at radius 3 is 1.89 bits per heavy atom. The van der Waals surface area contributed by atoms with Gasteiger partial charge >= 0.3 is 0 Å². The van der Waals surface area contributed by atoms with Crippen molar-refractivity contribution in [1.82, 2.24) is 10.7 Å². The van der Waals surface area contributed by atoms with Crippen LogP contribution in [0.3, 0.4) is 0 Å². The lowest BCUT2D eigenvalue weighted by Crippen LogP contribution is -2.30. The molecule has 0 saturated heterocycles. The molecule has 140 valence electrons. The Balaban J connectivity index is 0.00000261. The van der Waals surface area contributed by atoms with E-state index in [9.17, 15) is 0 Å². The number of guanidine groups is 1. The van der Waals surface area contributed by atoms with E-state index in [4.69, 9.17) is 23.2 Å². The quantitative estimate of drug-likeness (QED) is 0.524. The minimum absolute atomic E-state index is 0. The second kappa shape index (κ2) is 10.8. The fourth-order valence-electron chi connectivity index (χ4n) is 2.23. The largest absolute Gasteiger partial charge is 0.353 e. The van der Waals surface area contributed by atoms with Crippen molar-refractivity contribution in [2.75, 3.05) is 13.1 Å². The highest BCUT2D eigenvalue weighted by atomic mass is 35.5.